The summed E-state index contributed by atoms with van der Waals surface area (Å²) >= 11 is 0. The first kappa shape index (κ1) is 13.2. The van der Waals surface area contributed by atoms with Gasteiger partial charge in [-0.25, -0.2) is 0 Å². The first-order valence-corrected chi connectivity index (χ1v) is 6.37. The maximum absolute atomic E-state index is 11.8. The van der Waals surface area contributed by atoms with E-state index in [0.717, 1.165) is 25.7 Å². The van der Waals surface area contributed by atoms with Gasteiger partial charge in [0.2, 0.25) is 5.78 Å². The summed E-state index contributed by atoms with van der Waals surface area (Å²) < 4.78 is 0. The van der Waals surface area contributed by atoms with Gasteiger partial charge in [0.15, 0.2) is 0 Å². The quantitative estimate of drug-likeness (QED) is 0.746. The Balaban J connectivity index is 2.43. The summed E-state index contributed by atoms with van der Waals surface area (Å²) in [5.41, 5.74) is 0. The van der Waals surface area contributed by atoms with E-state index < -0.39 is 0 Å². The molecule has 0 heterocycles. The highest BCUT2D eigenvalue weighted by Crippen LogP contribution is 2.24. The third-order valence-corrected chi connectivity index (χ3v) is 3.56. The summed E-state index contributed by atoms with van der Waals surface area (Å²) in [5, 5.41) is 2.79. The Morgan fingerprint density at radius 3 is 2.12 bits per heavy atom. The molecule has 0 radical (unpaired) electrons. The molecule has 1 unspecified atom stereocenters. The molecule has 92 valence electrons. The van der Waals surface area contributed by atoms with Gasteiger partial charge in [-0.3, -0.25) is 9.59 Å². The maximum Gasteiger partial charge on any atom is 0.287 e. The average molecular weight is 225 g/mol. The zero-order valence-electron chi connectivity index (χ0n) is 10.6. The molecule has 1 fully saturated rings. The molecule has 0 aromatic heterocycles. The van der Waals surface area contributed by atoms with Gasteiger partial charge in [0.05, 0.1) is 0 Å². The molecule has 0 aromatic rings. The molecule has 1 aliphatic carbocycles. The second-order valence-corrected chi connectivity index (χ2v) is 5.21. The number of hydrogen-bond acceptors (Lipinski definition) is 2. The highest BCUT2D eigenvalue weighted by Gasteiger charge is 2.27. The molecule has 1 atom stereocenters. The molecule has 0 aliphatic heterocycles. The molecular weight excluding hydrogens is 202 g/mol. The van der Waals surface area contributed by atoms with Crippen LogP contribution in [0.3, 0.4) is 0 Å². The van der Waals surface area contributed by atoms with Crippen molar-refractivity contribution in [3.05, 3.63) is 0 Å². The Hall–Kier alpha value is -0.860. The van der Waals surface area contributed by atoms with Crippen molar-refractivity contribution in [1.82, 2.24) is 5.32 Å². The van der Waals surface area contributed by atoms with Crippen molar-refractivity contribution >= 4 is 11.7 Å². The predicted molar refractivity (Wildman–Crippen MR) is 64.0 cm³/mol. The summed E-state index contributed by atoms with van der Waals surface area (Å²) in [6.07, 6.45) is 5.16. The molecule has 0 aromatic carbocycles. The number of rotatable bonds is 4. The fraction of sp³-hybridized carbons (Fsp3) is 0.846. The molecule has 1 rings (SSSR count). The van der Waals surface area contributed by atoms with Gasteiger partial charge in [-0.15, -0.1) is 0 Å². The minimum atomic E-state index is -0.381. The van der Waals surface area contributed by atoms with Crippen LogP contribution in [0.25, 0.3) is 0 Å². The number of carbonyl (C=O) groups is 2. The van der Waals surface area contributed by atoms with Gasteiger partial charge in [0.1, 0.15) is 0 Å². The average Bonchev–Trinajstić information content (AvgIpc) is 2.28. The number of Topliss-reactive ketones (excluding diaryl/α,β-unsaturated/α-hetero) is 1. The second kappa shape index (κ2) is 6.02. The van der Waals surface area contributed by atoms with Crippen molar-refractivity contribution in [3.63, 3.8) is 0 Å². The number of nitrogens with one attached hydrogen (secondary N) is 1. The van der Waals surface area contributed by atoms with Gasteiger partial charge >= 0.3 is 0 Å². The lowest BCUT2D eigenvalue weighted by atomic mass is 9.86. The Morgan fingerprint density at radius 1 is 1.06 bits per heavy atom. The van der Waals surface area contributed by atoms with Crippen LogP contribution in [0.15, 0.2) is 0 Å². The fourth-order valence-electron chi connectivity index (χ4n) is 1.99. The van der Waals surface area contributed by atoms with Gasteiger partial charge in [0, 0.05) is 12.0 Å². The first-order chi connectivity index (χ1) is 7.52. The summed E-state index contributed by atoms with van der Waals surface area (Å²) in [7, 11) is 0. The van der Waals surface area contributed by atoms with Crippen LogP contribution in [0.4, 0.5) is 0 Å². The van der Waals surface area contributed by atoms with Gasteiger partial charge < -0.3 is 5.32 Å². The van der Waals surface area contributed by atoms with E-state index >= 15 is 0 Å². The zero-order valence-corrected chi connectivity index (χ0v) is 10.6. The molecule has 1 saturated carbocycles. The SMILES string of the molecule is CC(C)C(C)NC(=O)C(=O)C1CCCCC1. The van der Waals surface area contributed by atoms with Crippen LogP contribution in [-0.2, 0) is 9.59 Å². The molecule has 0 saturated heterocycles. The van der Waals surface area contributed by atoms with E-state index in [2.05, 4.69) is 5.32 Å². The molecule has 0 spiro atoms. The van der Waals surface area contributed by atoms with E-state index in [4.69, 9.17) is 0 Å². The smallest absolute Gasteiger partial charge is 0.287 e. The van der Waals surface area contributed by atoms with Crippen molar-refractivity contribution in [2.75, 3.05) is 0 Å². The van der Waals surface area contributed by atoms with E-state index in [9.17, 15) is 9.59 Å². The van der Waals surface area contributed by atoms with E-state index in [1.165, 1.54) is 6.42 Å². The summed E-state index contributed by atoms with van der Waals surface area (Å²) in [4.78, 5) is 23.5. The van der Waals surface area contributed by atoms with Crippen molar-refractivity contribution < 1.29 is 9.59 Å². The van der Waals surface area contributed by atoms with Crippen molar-refractivity contribution in [3.8, 4) is 0 Å². The van der Waals surface area contributed by atoms with Crippen molar-refractivity contribution in [1.29, 1.82) is 0 Å². The third kappa shape index (κ3) is 3.62. The minimum Gasteiger partial charge on any atom is -0.347 e. The summed E-state index contributed by atoms with van der Waals surface area (Å²) in [6, 6.07) is 0.0695. The van der Waals surface area contributed by atoms with Crippen molar-refractivity contribution in [2.45, 2.75) is 58.9 Å². The lowest BCUT2D eigenvalue weighted by Crippen LogP contribution is -2.42. The van der Waals surface area contributed by atoms with E-state index in [-0.39, 0.29) is 23.7 Å². The molecule has 0 bridgehead atoms. The lowest BCUT2D eigenvalue weighted by molar-refractivity contribution is -0.141. The van der Waals surface area contributed by atoms with Gasteiger partial charge in [-0.05, 0) is 25.7 Å². The Kier molecular flexibility index (Phi) is 4.97. The topological polar surface area (TPSA) is 46.2 Å². The van der Waals surface area contributed by atoms with Crippen LogP contribution in [0.1, 0.15) is 52.9 Å². The normalized spacial score (nSPS) is 19.5. The first-order valence-electron chi connectivity index (χ1n) is 6.37. The number of carbonyl (C=O) groups excluding carboxylic acids is 2. The largest absolute Gasteiger partial charge is 0.347 e. The van der Waals surface area contributed by atoms with Gasteiger partial charge in [-0.1, -0.05) is 33.1 Å². The van der Waals surface area contributed by atoms with Crippen LogP contribution in [0.5, 0.6) is 0 Å². The predicted octanol–water partition coefficient (Wildman–Crippen LogP) is 2.30. The standard InChI is InChI=1S/C13H23NO2/c1-9(2)10(3)14-13(16)12(15)11-7-5-4-6-8-11/h9-11H,4-8H2,1-3H3,(H,14,16). The Labute approximate surface area is 98.0 Å². The summed E-state index contributed by atoms with van der Waals surface area (Å²) in [6.45, 7) is 6.02. The Morgan fingerprint density at radius 2 is 1.62 bits per heavy atom. The van der Waals surface area contributed by atoms with Crippen LogP contribution in [0, 0.1) is 11.8 Å². The highest BCUT2D eigenvalue weighted by molar-refractivity contribution is 6.37. The molecule has 1 aliphatic rings. The zero-order chi connectivity index (χ0) is 12.1. The molecular formula is C13H23NO2. The van der Waals surface area contributed by atoms with E-state index in [1.54, 1.807) is 0 Å². The number of ketones is 1. The molecule has 3 heteroatoms. The highest BCUT2D eigenvalue weighted by atomic mass is 16.2. The van der Waals surface area contributed by atoms with Gasteiger partial charge in [-0.2, -0.15) is 0 Å². The van der Waals surface area contributed by atoms with Crippen LogP contribution < -0.4 is 5.32 Å². The molecule has 1 amide bonds. The van der Waals surface area contributed by atoms with Crippen LogP contribution >= 0.6 is 0 Å². The monoisotopic (exact) mass is 225 g/mol. The minimum absolute atomic E-state index is 0.0203. The summed E-state index contributed by atoms with van der Waals surface area (Å²) in [5.74, 6) is -0.239. The molecule has 16 heavy (non-hydrogen) atoms. The number of hydrogen-bond donors (Lipinski definition) is 1. The van der Waals surface area contributed by atoms with E-state index in [1.807, 2.05) is 20.8 Å². The van der Waals surface area contributed by atoms with Crippen molar-refractivity contribution in [2.24, 2.45) is 11.8 Å². The maximum atomic E-state index is 11.8. The fourth-order valence-corrected chi connectivity index (χ4v) is 1.99. The Bertz CT molecular complexity index is 255. The second-order valence-electron chi connectivity index (χ2n) is 5.21. The lowest BCUT2D eigenvalue weighted by Gasteiger charge is -2.22. The number of amides is 1. The van der Waals surface area contributed by atoms with Crippen LogP contribution in [-0.4, -0.2) is 17.7 Å². The van der Waals surface area contributed by atoms with Gasteiger partial charge in [0.25, 0.3) is 5.91 Å². The third-order valence-electron chi connectivity index (χ3n) is 3.56. The molecule has 1 N–H and O–H groups in total. The van der Waals surface area contributed by atoms with Crippen LogP contribution in [0.2, 0.25) is 0 Å². The van der Waals surface area contributed by atoms with E-state index in [0.29, 0.717) is 5.92 Å². The molecule has 3 nitrogen and oxygen atoms in total.